The molecule has 112 valence electrons. The van der Waals surface area contributed by atoms with Gasteiger partial charge in [0, 0.05) is 26.1 Å². The molecule has 5 nitrogen and oxygen atoms in total. The molecule has 5 heteroatoms. The molecule has 0 radical (unpaired) electrons. The second kappa shape index (κ2) is 5.66. The fraction of sp³-hybridized carbons (Fsp3) is 0.562. The molecule has 2 aliphatic rings. The number of anilines is 1. The summed E-state index contributed by atoms with van der Waals surface area (Å²) in [5.41, 5.74) is 2.69. The number of nitrogens with zero attached hydrogens (tertiary/aromatic N) is 3. The molecule has 3 heterocycles. The summed E-state index contributed by atoms with van der Waals surface area (Å²) in [4.78, 5) is 2.50. The lowest BCUT2D eigenvalue weighted by molar-refractivity contribution is -0.661. The molecule has 2 aliphatic heterocycles. The Morgan fingerprint density at radius 3 is 2.90 bits per heavy atom. The second-order valence-corrected chi connectivity index (χ2v) is 5.85. The van der Waals surface area contributed by atoms with Crippen molar-refractivity contribution in [2.45, 2.75) is 19.5 Å². The zero-order chi connectivity index (χ0) is 14.1. The van der Waals surface area contributed by atoms with E-state index in [1.807, 2.05) is 0 Å². The van der Waals surface area contributed by atoms with Crippen LogP contribution in [0.1, 0.15) is 6.42 Å². The lowest BCUT2D eigenvalue weighted by atomic mass is 10.3. The first-order valence-electron chi connectivity index (χ1n) is 7.98. The van der Waals surface area contributed by atoms with Gasteiger partial charge in [0.2, 0.25) is 0 Å². The Morgan fingerprint density at radius 1 is 1.14 bits per heavy atom. The van der Waals surface area contributed by atoms with E-state index in [1.165, 1.54) is 23.4 Å². The molecule has 0 atom stereocenters. The number of morpholine rings is 1. The second-order valence-electron chi connectivity index (χ2n) is 5.85. The van der Waals surface area contributed by atoms with E-state index in [0.717, 1.165) is 52.5 Å². The molecular weight excluding hydrogens is 264 g/mol. The number of imidazole rings is 1. The number of nitrogens with one attached hydrogen (secondary N) is 1. The van der Waals surface area contributed by atoms with Crippen LogP contribution in [0.15, 0.2) is 24.3 Å². The van der Waals surface area contributed by atoms with Crippen LogP contribution in [0.25, 0.3) is 11.0 Å². The molecule has 0 saturated carbocycles. The topological polar surface area (TPSA) is 33.3 Å². The third kappa shape index (κ3) is 2.40. The van der Waals surface area contributed by atoms with Gasteiger partial charge in [-0.25, -0.2) is 9.13 Å². The Kier molecular flexibility index (Phi) is 3.53. The SMILES string of the molecule is c1ccc2c(c1)n(CCN1CCOCC1)c1[n+]2CCCN1. The Bertz CT molecular complexity index is 630. The quantitative estimate of drug-likeness (QED) is 0.858. The molecule has 4 rings (SSSR count). The summed E-state index contributed by atoms with van der Waals surface area (Å²) in [5.74, 6) is 1.27. The summed E-state index contributed by atoms with van der Waals surface area (Å²) in [6.07, 6.45) is 1.20. The minimum atomic E-state index is 0.873. The van der Waals surface area contributed by atoms with Gasteiger partial charge in [-0.1, -0.05) is 12.1 Å². The summed E-state index contributed by atoms with van der Waals surface area (Å²) in [6.45, 7) is 8.19. The summed E-state index contributed by atoms with van der Waals surface area (Å²) >= 11 is 0. The van der Waals surface area contributed by atoms with Crippen LogP contribution in [-0.2, 0) is 17.8 Å². The minimum absolute atomic E-state index is 0.873. The van der Waals surface area contributed by atoms with E-state index in [2.05, 4.69) is 43.6 Å². The molecule has 1 N–H and O–H groups in total. The van der Waals surface area contributed by atoms with Crippen LogP contribution >= 0.6 is 0 Å². The maximum absolute atomic E-state index is 5.43. The highest BCUT2D eigenvalue weighted by molar-refractivity contribution is 5.74. The number of hydrogen-bond acceptors (Lipinski definition) is 3. The molecule has 1 aromatic heterocycles. The Hall–Kier alpha value is -1.59. The Balaban J connectivity index is 1.64. The lowest BCUT2D eigenvalue weighted by Gasteiger charge is -2.26. The zero-order valence-electron chi connectivity index (χ0n) is 12.4. The van der Waals surface area contributed by atoms with Gasteiger partial charge in [0.25, 0.3) is 0 Å². The van der Waals surface area contributed by atoms with Crippen LogP contribution in [0, 0.1) is 0 Å². The number of fused-ring (bicyclic) bond motifs is 3. The van der Waals surface area contributed by atoms with Crippen molar-refractivity contribution in [1.29, 1.82) is 0 Å². The standard InChI is InChI=1S/C16H22N4O/c1-2-5-15-14(4-1)19-7-3-6-17-16(19)20(15)9-8-18-10-12-21-13-11-18/h1-2,4-5H,3,6-13H2/p+1. The first kappa shape index (κ1) is 13.1. The monoisotopic (exact) mass is 287 g/mol. The number of rotatable bonds is 3. The first-order chi connectivity index (χ1) is 10.4. The Labute approximate surface area is 125 Å². The van der Waals surface area contributed by atoms with E-state index >= 15 is 0 Å². The van der Waals surface area contributed by atoms with Crippen molar-refractivity contribution in [3.63, 3.8) is 0 Å². The number of aryl methyl sites for hydroxylation is 1. The van der Waals surface area contributed by atoms with Crippen molar-refractivity contribution < 1.29 is 9.30 Å². The van der Waals surface area contributed by atoms with Crippen LogP contribution in [-0.4, -0.2) is 48.9 Å². The van der Waals surface area contributed by atoms with Crippen LogP contribution in [0.3, 0.4) is 0 Å². The Morgan fingerprint density at radius 2 is 2.00 bits per heavy atom. The average Bonchev–Trinajstić information content (AvgIpc) is 2.88. The zero-order valence-corrected chi connectivity index (χ0v) is 12.4. The van der Waals surface area contributed by atoms with Crippen molar-refractivity contribution in [2.75, 3.05) is 44.7 Å². The normalized spacial score (nSPS) is 19.4. The molecule has 0 amide bonds. The molecule has 1 aromatic carbocycles. The fourth-order valence-electron chi connectivity index (χ4n) is 3.44. The molecule has 1 fully saturated rings. The van der Waals surface area contributed by atoms with Gasteiger partial charge in [0.1, 0.15) is 11.0 Å². The van der Waals surface area contributed by atoms with E-state index in [4.69, 9.17) is 4.74 Å². The number of para-hydroxylation sites is 2. The minimum Gasteiger partial charge on any atom is -0.379 e. The molecule has 0 aliphatic carbocycles. The van der Waals surface area contributed by atoms with Gasteiger partial charge < -0.3 is 4.74 Å². The van der Waals surface area contributed by atoms with Gasteiger partial charge in [-0.3, -0.25) is 10.2 Å². The van der Waals surface area contributed by atoms with Crippen LogP contribution in [0.2, 0.25) is 0 Å². The lowest BCUT2D eigenvalue weighted by Crippen LogP contribution is -2.42. The third-order valence-electron chi connectivity index (χ3n) is 4.56. The van der Waals surface area contributed by atoms with Crippen molar-refractivity contribution in [3.05, 3.63) is 24.3 Å². The highest BCUT2D eigenvalue weighted by Crippen LogP contribution is 2.20. The summed E-state index contributed by atoms with van der Waals surface area (Å²) in [5, 5.41) is 3.59. The van der Waals surface area contributed by atoms with Crippen molar-refractivity contribution in [2.24, 2.45) is 0 Å². The van der Waals surface area contributed by atoms with E-state index in [9.17, 15) is 0 Å². The van der Waals surface area contributed by atoms with Crippen molar-refractivity contribution in [1.82, 2.24) is 9.47 Å². The van der Waals surface area contributed by atoms with Gasteiger partial charge >= 0.3 is 5.95 Å². The van der Waals surface area contributed by atoms with Gasteiger partial charge in [-0.2, -0.15) is 0 Å². The largest absolute Gasteiger partial charge is 0.379 e. The molecule has 1 saturated heterocycles. The van der Waals surface area contributed by atoms with Gasteiger partial charge in [0.05, 0.1) is 32.8 Å². The van der Waals surface area contributed by atoms with Crippen molar-refractivity contribution in [3.8, 4) is 0 Å². The molecule has 0 spiro atoms. The molecular formula is C16H23N4O+. The molecule has 0 unspecified atom stereocenters. The van der Waals surface area contributed by atoms with E-state index in [0.29, 0.717) is 0 Å². The van der Waals surface area contributed by atoms with E-state index < -0.39 is 0 Å². The number of benzene rings is 1. The fourth-order valence-corrected chi connectivity index (χ4v) is 3.44. The molecule has 0 bridgehead atoms. The molecule has 2 aromatic rings. The highest BCUT2D eigenvalue weighted by atomic mass is 16.5. The van der Waals surface area contributed by atoms with E-state index in [-0.39, 0.29) is 0 Å². The highest BCUT2D eigenvalue weighted by Gasteiger charge is 2.26. The number of aromatic nitrogens is 2. The van der Waals surface area contributed by atoms with Crippen molar-refractivity contribution >= 4 is 17.0 Å². The van der Waals surface area contributed by atoms with Crippen LogP contribution in [0.4, 0.5) is 5.95 Å². The summed E-state index contributed by atoms with van der Waals surface area (Å²) in [7, 11) is 0. The van der Waals surface area contributed by atoms with Gasteiger partial charge in [-0.05, 0) is 12.1 Å². The maximum atomic E-state index is 5.43. The first-order valence-corrected chi connectivity index (χ1v) is 7.98. The third-order valence-corrected chi connectivity index (χ3v) is 4.56. The molecule has 21 heavy (non-hydrogen) atoms. The number of hydrogen-bond donors (Lipinski definition) is 1. The number of ether oxygens (including phenoxy) is 1. The van der Waals surface area contributed by atoms with Gasteiger partial charge in [0.15, 0.2) is 0 Å². The average molecular weight is 287 g/mol. The summed E-state index contributed by atoms with van der Waals surface area (Å²) in [6, 6.07) is 8.74. The summed E-state index contributed by atoms with van der Waals surface area (Å²) < 4.78 is 10.3. The van der Waals surface area contributed by atoms with Gasteiger partial charge in [-0.15, -0.1) is 0 Å². The predicted octanol–water partition coefficient (Wildman–Crippen LogP) is 1.08. The predicted molar refractivity (Wildman–Crippen MR) is 82.5 cm³/mol. The smallest absolute Gasteiger partial charge is 0.358 e. The van der Waals surface area contributed by atoms with E-state index in [1.54, 1.807) is 0 Å². The van der Waals surface area contributed by atoms with Crippen LogP contribution < -0.4 is 9.88 Å². The van der Waals surface area contributed by atoms with Crippen LogP contribution in [0.5, 0.6) is 0 Å². The maximum Gasteiger partial charge on any atom is 0.358 e.